The van der Waals surface area contributed by atoms with Gasteiger partial charge in [-0.25, -0.2) is 4.79 Å². The van der Waals surface area contributed by atoms with Crippen molar-refractivity contribution in [2.24, 2.45) is 5.92 Å². The first-order valence-corrected chi connectivity index (χ1v) is 7.58. The largest absolute Gasteiger partial charge is 0.481 e. The predicted octanol–water partition coefficient (Wildman–Crippen LogP) is 1.27. The summed E-state index contributed by atoms with van der Waals surface area (Å²) in [6.45, 7) is 7.86. The molecule has 6 heteroatoms. The Morgan fingerprint density at radius 3 is 2.55 bits per heavy atom. The van der Waals surface area contributed by atoms with Crippen LogP contribution < -0.4 is 10.6 Å². The van der Waals surface area contributed by atoms with Crippen LogP contribution in [0.15, 0.2) is 0 Å². The van der Waals surface area contributed by atoms with Gasteiger partial charge in [0.25, 0.3) is 0 Å². The number of hydrogen-bond donors (Lipinski definition) is 3. The lowest BCUT2D eigenvalue weighted by molar-refractivity contribution is -0.142. The predicted molar refractivity (Wildman–Crippen MR) is 77.7 cm³/mol. The molecule has 0 aliphatic heterocycles. The minimum Gasteiger partial charge on any atom is -0.481 e. The van der Waals surface area contributed by atoms with Crippen LogP contribution in [0.3, 0.4) is 0 Å². The summed E-state index contributed by atoms with van der Waals surface area (Å²) < 4.78 is 0. The third-order valence-corrected chi connectivity index (χ3v) is 3.98. The highest BCUT2D eigenvalue weighted by atomic mass is 16.4. The molecule has 0 aromatic carbocycles. The van der Waals surface area contributed by atoms with E-state index in [4.69, 9.17) is 5.11 Å². The SMILES string of the molecule is CCN(CC)CCCNC(=O)NC1CCCC1C(=O)O. The molecule has 0 heterocycles. The van der Waals surface area contributed by atoms with E-state index in [9.17, 15) is 9.59 Å². The summed E-state index contributed by atoms with van der Waals surface area (Å²) in [5, 5.41) is 14.6. The van der Waals surface area contributed by atoms with Crippen LogP contribution in [-0.4, -0.2) is 54.2 Å². The van der Waals surface area contributed by atoms with Crippen molar-refractivity contribution in [2.75, 3.05) is 26.2 Å². The number of carboxylic acid groups (broad SMARTS) is 1. The van der Waals surface area contributed by atoms with Crippen LogP contribution >= 0.6 is 0 Å². The van der Waals surface area contributed by atoms with E-state index in [0.29, 0.717) is 13.0 Å². The smallest absolute Gasteiger partial charge is 0.315 e. The number of urea groups is 1. The van der Waals surface area contributed by atoms with Gasteiger partial charge in [-0.3, -0.25) is 4.79 Å². The number of amides is 2. The van der Waals surface area contributed by atoms with E-state index < -0.39 is 11.9 Å². The lowest BCUT2D eigenvalue weighted by Gasteiger charge is -2.19. The van der Waals surface area contributed by atoms with E-state index in [1.807, 2.05) is 0 Å². The lowest BCUT2D eigenvalue weighted by atomic mass is 10.0. The molecule has 1 rings (SSSR count). The van der Waals surface area contributed by atoms with Gasteiger partial charge >= 0.3 is 12.0 Å². The Morgan fingerprint density at radius 1 is 1.25 bits per heavy atom. The number of carbonyl (C=O) groups is 2. The molecule has 6 nitrogen and oxygen atoms in total. The summed E-state index contributed by atoms with van der Waals surface area (Å²) in [6.07, 6.45) is 3.18. The molecule has 0 radical (unpaired) electrons. The number of nitrogens with one attached hydrogen (secondary N) is 2. The number of hydrogen-bond acceptors (Lipinski definition) is 3. The zero-order chi connectivity index (χ0) is 15.0. The average molecular weight is 285 g/mol. The van der Waals surface area contributed by atoms with Crippen LogP contribution in [0.4, 0.5) is 4.79 Å². The van der Waals surface area contributed by atoms with Gasteiger partial charge in [-0.15, -0.1) is 0 Å². The third kappa shape index (κ3) is 5.36. The van der Waals surface area contributed by atoms with E-state index in [1.54, 1.807) is 0 Å². The summed E-state index contributed by atoms with van der Waals surface area (Å²) in [4.78, 5) is 25.0. The highest BCUT2D eigenvalue weighted by molar-refractivity contribution is 5.76. The van der Waals surface area contributed by atoms with Crippen molar-refractivity contribution in [3.05, 3.63) is 0 Å². The molecule has 3 N–H and O–H groups in total. The Hall–Kier alpha value is -1.30. The summed E-state index contributed by atoms with van der Waals surface area (Å²) in [5.74, 6) is -1.24. The highest BCUT2D eigenvalue weighted by Gasteiger charge is 2.33. The molecule has 0 spiro atoms. The van der Waals surface area contributed by atoms with Gasteiger partial charge < -0.3 is 20.6 Å². The van der Waals surface area contributed by atoms with Crippen molar-refractivity contribution < 1.29 is 14.7 Å². The zero-order valence-corrected chi connectivity index (χ0v) is 12.5. The molecule has 0 aromatic heterocycles. The van der Waals surface area contributed by atoms with Crippen LogP contribution in [0.5, 0.6) is 0 Å². The maximum absolute atomic E-state index is 11.7. The first kappa shape index (κ1) is 16.8. The van der Waals surface area contributed by atoms with Gasteiger partial charge in [-0.05, 0) is 38.9 Å². The number of carbonyl (C=O) groups excluding carboxylic acids is 1. The fourth-order valence-corrected chi connectivity index (χ4v) is 2.69. The van der Waals surface area contributed by atoms with Crippen molar-refractivity contribution in [3.63, 3.8) is 0 Å². The molecule has 1 fully saturated rings. The minimum absolute atomic E-state index is 0.227. The Labute approximate surface area is 120 Å². The van der Waals surface area contributed by atoms with E-state index in [0.717, 1.165) is 38.9 Å². The summed E-state index contributed by atoms with van der Waals surface area (Å²) >= 11 is 0. The summed E-state index contributed by atoms with van der Waals surface area (Å²) in [7, 11) is 0. The van der Waals surface area contributed by atoms with E-state index in [2.05, 4.69) is 29.4 Å². The Kier molecular flexibility index (Phi) is 7.36. The van der Waals surface area contributed by atoms with Gasteiger partial charge in [-0.1, -0.05) is 20.3 Å². The summed E-state index contributed by atoms with van der Waals surface area (Å²) in [6, 6.07) is -0.474. The molecule has 2 atom stereocenters. The zero-order valence-electron chi connectivity index (χ0n) is 12.5. The second-order valence-corrected chi connectivity index (χ2v) is 5.26. The van der Waals surface area contributed by atoms with E-state index in [-0.39, 0.29) is 12.1 Å². The van der Waals surface area contributed by atoms with Crippen LogP contribution in [0, 0.1) is 5.92 Å². The maximum Gasteiger partial charge on any atom is 0.315 e. The van der Waals surface area contributed by atoms with Gasteiger partial charge in [0.15, 0.2) is 0 Å². The van der Waals surface area contributed by atoms with Gasteiger partial charge in [0.1, 0.15) is 0 Å². The van der Waals surface area contributed by atoms with Crippen molar-refractivity contribution >= 4 is 12.0 Å². The van der Waals surface area contributed by atoms with Crippen molar-refractivity contribution in [1.82, 2.24) is 15.5 Å². The number of carboxylic acids is 1. The van der Waals surface area contributed by atoms with Crippen molar-refractivity contribution in [1.29, 1.82) is 0 Å². The molecule has 1 saturated carbocycles. The van der Waals surface area contributed by atoms with Crippen molar-refractivity contribution in [3.8, 4) is 0 Å². The number of nitrogens with zero attached hydrogens (tertiary/aromatic N) is 1. The Balaban J connectivity index is 2.18. The molecule has 1 aliphatic rings. The molecular weight excluding hydrogens is 258 g/mol. The third-order valence-electron chi connectivity index (χ3n) is 3.98. The first-order chi connectivity index (χ1) is 9.58. The van der Waals surface area contributed by atoms with Gasteiger partial charge in [0.05, 0.1) is 5.92 Å². The van der Waals surface area contributed by atoms with Crippen LogP contribution in [-0.2, 0) is 4.79 Å². The van der Waals surface area contributed by atoms with Gasteiger partial charge in [0, 0.05) is 12.6 Å². The average Bonchev–Trinajstić information content (AvgIpc) is 2.87. The Bertz CT molecular complexity index is 319. The van der Waals surface area contributed by atoms with Crippen LogP contribution in [0.2, 0.25) is 0 Å². The maximum atomic E-state index is 11.7. The molecule has 0 bridgehead atoms. The Morgan fingerprint density at radius 2 is 1.95 bits per heavy atom. The second-order valence-electron chi connectivity index (χ2n) is 5.26. The first-order valence-electron chi connectivity index (χ1n) is 7.58. The molecular formula is C14H27N3O3. The molecule has 20 heavy (non-hydrogen) atoms. The fraction of sp³-hybridized carbons (Fsp3) is 0.857. The molecule has 1 aliphatic carbocycles. The normalized spacial score (nSPS) is 21.9. The monoisotopic (exact) mass is 285 g/mol. The minimum atomic E-state index is -0.811. The standard InChI is InChI=1S/C14H27N3O3/c1-3-17(4-2)10-6-9-15-14(20)16-12-8-5-7-11(12)13(18)19/h11-12H,3-10H2,1-2H3,(H,18,19)(H2,15,16,20). The van der Waals surface area contributed by atoms with Gasteiger partial charge in [-0.2, -0.15) is 0 Å². The topological polar surface area (TPSA) is 81.7 Å². The number of rotatable bonds is 8. The fourth-order valence-electron chi connectivity index (χ4n) is 2.69. The number of aliphatic carboxylic acids is 1. The molecule has 116 valence electrons. The second kappa shape index (κ2) is 8.79. The van der Waals surface area contributed by atoms with Crippen LogP contribution in [0.25, 0.3) is 0 Å². The molecule has 0 aromatic rings. The van der Waals surface area contributed by atoms with Crippen LogP contribution in [0.1, 0.15) is 39.5 Å². The summed E-state index contributed by atoms with van der Waals surface area (Å²) in [5.41, 5.74) is 0. The molecule has 2 amide bonds. The van der Waals surface area contributed by atoms with E-state index in [1.165, 1.54) is 0 Å². The molecule has 0 saturated heterocycles. The quantitative estimate of drug-likeness (QED) is 0.587. The highest BCUT2D eigenvalue weighted by Crippen LogP contribution is 2.25. The lowest BCUT2D eigenvalue weighted by Crippen LogP contribution is -2.45. The van der Waals surface area contributed by atoms with Gasteiger partial charge in [0.2, 0.25) is 0 Å². The van der Waals surface area contributed by atoms with Crippen molar-refractivity contribution in [2.45, 2.75) is 45.6 Å². The van der Waals surface area contributed by atoms with E-state index >= 15 is 0 Å². The molecule has 2 unspecified atom stereocenters.